The van der Waals surface area contributed by atoms with Gasteiger partial charge in [0.05, 0.1) is 5.69 Å². The average Bonchev–Trinajstić information content (AvgIpc) is 2.33. The van der Waals surface area contributed by atoms with Crippen molar-refractivity contribution < 1.29 is 4.39 Å². The normalized spacial score (nSPS) is 20.3. The zero-order valence-corrected chi connectivity index (χ0v) is 11.6. The molecule has 0 aromatic heterocycles. The minimum Gasteiger partial charge on any atom is -0.371 e. The number of rotatable bonds is 3. The maximum atomic E-state index is 13.7. The van der Waals surface area contributed by atoms with Crippen LogP contribution in [0.2, 0.25) is 0 Å². The average molecular weight is 301 g/mol. The Labute approximate surface area is 110 Å². The molecule has 0 aliphatic carbocycles. The van der Waals surface area contributed by atoms with E-state index in [2.05, 4.69) is 21.2 Å². The standard InChI is InChI=1S/C13H18BrFN2/c1-17(9-11-4-2-3-7-16-11)13-8-10(14)5-6-12(13)15/h5-6,8,11,16H,2-4,7,9H2,1H3. The monoisotopic (exact) mass is 300 g/mol. The highest BCUT2D eigenvalue weighted by molar-refractivity contribution is 9.10. The second kappa shape index (κ2) is 5.83. The van der Waals surface area contributed by atoms with Gasteiger partial charge in [0, 0.05) is 24.1 Å². The number of hydrogen-bond donors (Lipinski definition) is 1. The lowest BCUT2D eigenvalue weighted by Gasteiger charge is -2.29. The van der Waals surface area contributed by atoms with Gasteiger partial charge in [-0.05, 0) is 37.6 Å². The van der Waals surface area contributed by atoms with Crippen LogP contribution in [0.25, 0.3) is 0 Å². The molecule has 1 aliphatic heterocycles. The molecule has 1 heterocycles. The number of benzene rings is 1. The minimum atomic E-state index is -0.161. The Morgan fingerprint density at radius 2 is 2.29 bits per heavy atom. The molecular formula is C13H18BrFN2. The Bertz CT molecular complexity index is 378. The Hall–Kier alpha value is -0.610. The number of halogens is 2. The molecule has 1 unspecified atom stereocenters. The van der Waals surface area contributed by atoms with Crippen LogP contribution in [0.5, 0.6) is 0 Å². The summed E-state index contributed by atoms with van der Waals surface area (Å²) in [5, 5.41) is 3.48. The summed E-state index contributed by atoms with van der Waals surface area (Å²) in [6.07, 6.45) is 3.71. The van der Waals surface area contributed by atoms with Crippen molar-refractivity contribution in [2.45, 2.75) is 25.3 Å². The van der Waals surface area contributed by atoms with E-state index in [0.29, 0.717) is 11.7 Å². The molecule has 4 heteroatoms. The van der Waals surface area contributed by atoms with E-state index in [1.54, 1.807) is 6.07 Å². The molecule has 2 nitrogen and oxygen atoms in total. The van der Waals surface area contributed by atoms with Crippen molar-refractivity contribution in [3.8, 4) is 0 Å². The number of nitrogens with zero attached hydrogens (tertiary/aromatic N) is 1. The molecule has 0 radical (unpaired) electrons. The SMILES string of the molecule is CN(CC1CCCCN1)c1cc(Br)ccc1F. The van der Waals surface area contributed by atoms with Crippen molar-refractivity contribution >= 4 is 21.6 Å². The van der Waals surface area contributed by atoms with Gasteiger partial charge in [-0.15, -0.1) is 0 Å². The lowest BCUT2D eigenvalue weighted by Crippen LogP contribution is -2.42. The van der Waals surface area contributed by atoms with E-state index in [9.17, 15) is 4.39 Å². The van der Waals surface area contributed by atoms with Gasteiger partial charge >= 0.3 is 0 Å². The number of hydrogen-bond acceptors (Lipinski definition) is 2. The van der Waals surface area contributed by atoms with E-state index in [-0.39, 0.29) is 5.82 Å². The molecule has 0 saturated carbocycles. The molecule has 1 N–H and O–H groups in total. The Kier molecular flexibility index (Phi) is 4.40. The number of piperidine rings is 1. The van der Waals surface area contributed by atoms with E-state index in [1.807, 2.05) is 18.0 Å². The van der Waals surface area contributed by atoms with E-state index < -0.39 is 0 Å². The Morgan fingerprint density at radius 3 is 3.00 bits per heavy atom. The number of anilines is 1. The zero-order valence-electron chi connectivity index (χ0n) is 10.0. The summed E-state index contributed by atoms with van der Waals surface area (Å²) in [6, 6.07) is 5.54. The summed E-state index contributed by atoms with van der Waals surface area (Å²) in [5.41, 5.74) is 0.659. The summed E-state index contributed by atoms with van der Waals surface area (Å²) >= 11 is 3.38. The first kappa shape index (κ1) is 12.8. The van der Waals surface area contributed by atoms with Crippen molar-refractivity contribution in [2.24, 2.45) is 0 Å². The largest absolute Gasteiger partial charge is 0.371 e. The van der Waals surface area contributed by atoms with E-state index in [4.69, 9.17) is 0 Å². The van der Waals surface area contributed by atoms with Crippen molar-refractivity contribution in [2.75, 3.05) is 25.0 Å². The zero-order chi connectivity index (χ0) is 12.3. The van der Waals surface area contributed by atoms with Crippen LogP contribution in [0, 0.1) is 5.82 Å². The fourth-order valence-corrected chi connectivity index (χ4v) is 2.64. The summed E-state index contributed by atoms with van der Waals surface area (Å²) in [7, 11) is 1.95. The second-order valence-corrected chi connectivity index (χ2v) is 5.54. The molecule has 0 amide bonds. The molecule has 1 aromatic rings. The van der Waals surface area contributed by atoms with Gasteiger partial charge in [0.25, 0.3) is 0 Å². The van der Waals surface area contributed by atoms with Crippen molar-refractivity contribution in [1.29, 1.82) is 0 Å². The molecule has 1 atom stereocenters. The predicted molar refractivity (Wildman–Crippen MR) is 73.0 cm³/mol. The highest BCUT2D eigenvalue weighted by Crippen LogP contribution is 2.23. The molecule has 17 heavy (non-hydrogen) atoms. The molecule has 1 aliphatic rings. The number of likely N-dealkylation sites (N-methyl/N-ethyl adjacent to an activating group) is 1. The lowest BCUT2D eigenvalue weighted by molar-refractivity contribution is 0.402. The highest BCUT2D eigenvalue weighted by Gasteiger charge is 2.16. The fourth-order valence-electron chi connectivity index (χ4n) is 2.29. The minimum absolute atomic E-state index is 0.161. The summed E-state index contributed by atoms with van der Waals surface area (Å²) in [6.45, 7) is 1.94. The van der Waals surface area contributed by atoms with Gasteiger partial charge in [-0.25, -0.2) is 4.39 Å². The van der Waals surface area contributed by atoms with E-state index in [1.165, 1.54) is 25.3 Å². The molecule has 0 bridgehead atoms. The fraction of sp³-hybridized carbons (Fsp3) is 0.538. The summed E-state index contributed by atoms with van der Waals surface area (Å²) in [5.74, 6) is -0.161. The molecule has 1 fully saturated rings. The maximum Gasteiger partial charge on any atom is 0.146 e. The first-order valence-electron chi connectivity index (χ1n) is 6.06. The first-order chi connectivity index (χ1) is 8.16. The lowest BCUT2D eigenvalue weighted by atomic mass is 10.0. The quantitative estimate of drug-likeness (QED) is 0.922. The molecule has 94 valence electrons. The highest BCUT2D eigenvalue weighted by atomic mass is 79.9. The van der Waals surface area contributed by atoms with Crippen LogP contribution in [0.1, 0.15) is 19.3 Å². The second-order valence-electron chi connectivity index (χ2n) is 4.62. The molecule has 2 rings (SSSR count). The van der Waals surface area contributed by atoms with E-state index in [0.717, 1.165) is 17.6 Å². The first-order valence-corrected chi connectivity index (χ1v) is 6.85. The molecule has 1 aromatic carbocycles. The van der Waals surface area contributed by atoms with Crippen LogP contribution in [0.3, 0.4) is 0 Å². The third-order valence-corrected chi connectivity index (χ3v) is 3.72. The van der Waals surface area contributed by atoms with Crippen molar-refractivity contribution in [1.82, 2.24) is 5.32 Å². The van der Waals surface area contributed by atoms with Gasteiger partial charge in [0.2, 0.25) is 0 Å². The third kappa shape index (κ3) is 3.42. The van der Waals surface area contributed by atoms with Crippen LogP contribution >= 0.6 is 15.9 Å². The van der Waals surface area contributed by atoms with Gasteiger partial charge in [0.15, 0.2) is 0 Å². The number of nitrogens with one attached hydrogen (secondary N) is 1. The molecule has 0 spiro atoms. The van der Waals surface area contributed by atoms with Gasteiger partial charge < -0.3 is 10.2 Å². The van der Waals surface area contributed by atoms with E-state index >= 15 is 0 Å². The third-order valence-electron chi connectivity index (χ3n) is 3.23. The van der Waals surface area contributed by atoms with Gasteiger partial charge in [-0.2, -0.15) is 0 Å². The maximum absolute atomic E-state index is 13.7. The van der Waals surface area contributed by atoms with Gasteiger partial charge in [-0.3, -0.25) is 0 Å². The van der Waals surface area contributed by atoms with Crippen LogP contribution in [-0.4, -0.2) is 26.2 Å². The van der Waals surface area contributed by atoms with Gasteiger partial charge in [-0.1, -0.05) is 22.4 Å². The van der Waals surface area contributed by atoms with Crippen molar-refractivity contribution in [3.63, 3.8) is 0 Å². The summed E-state index contributed by atoms with van der Waals surface area (Å²) < 4.78 is 14.6. The van der Waals surface area contributed by atoms with Crippen LogP contribution in [0.4, 0.5) is 10.1 Å². The van der Waals surface area contributed by atoms with Crippen LogP contribution < -0.4 is 10.2 Å². The smallest absolute Gasteiger partial charge is 0.146 e. The topological polar surface area (TPSA) is 15.3 Å². The predicted octanol–water partition coefficient (Wildman–Crippen LogP) is 3.17. The van der Waals surface area contributed by atoms with Crippen LogP contribution in [-0.2, 0) is 0 Å². The Balaban J connectivity index is 2.02. The molecular weight excluding hydrogens is 283 g/mol. The summed E-state index contributed by atoms with van der Waals surface area (Å²) in [4.78, 5) is 1.99. The van der Waals surface area contributed by atoms with Crippen molar-refractivity contribution in [3.05, 3.63) is 28.5 Å². The van der Waals surface area contributed by atoms with Gasteiger partial charge in [0.1, 0.15) is 5.82 Å². The molecule has 1 saturated heterocycles. The van der Waals surface area contributed by atoms with Crippen LogP contribution in [0.15, 0.2) is 22.7 Å². The Morgan fingerprint density at radius 1 is 1.47 bits per heavy atom.